The number of carbonyl (C=O) groups excluding carboxylic acids is 1. The van der Waals surface area contributed by atoms with Crippen LogP contribution in [0.2, 0.25) is 5.02 Å². The maximum atomic E-state index is 12.5. The van der Waals surface area contributed by atoms with Crippen molar-refractivity contribution in [1.29, 1.82) is 0 Å². The van der Waals surface area contributed by atoms with Gasteiger partial charge in [-0.05, 0) is 36.4 Å². The van der Waals surface area contributed by atoms with Crippen LogP contribution >= 0.6 is 11.6 Å². The summed E-state index contributed by atoms with van der Waals surface area (Å²) in [5.74, 6) is -0.0801. The molecular formula is C16H13ClN2O. The molecule has 0 saturated heterocycles. The molecule has 3 nitrogen and oxygen atoms in total. The largest absolute Gasteiger partial charge is 0.351 e. The van der Waals surface area contributed by atoms with Crippen molar-refractivity contribution in [1.82, 2.24) is 4.98 Å². The molecular weight excluding hydrogens is 272 g/mol. The van der Waals surface area contributed by atoms with Crippen LogP contribution in [0.1, 0.15) is 10.5 Å². The van der Waals surface area contributed by atoms with Crippen LogP contribution in [0.15, 0.2) is 54.6 Å². The van der Waals surface area contributed by atoms with E-state index in [1.807, 2.05) is 48.5 Å². The van der Waals surface area contributed by atoms with E-state index in [0.717, 1.165) is 16.6 Å². The molecule has 0 aliphatic rings. The fourth-order valence-electron chi connectivity index (χ4n) is 2.17. The van der Waals surface area contributed by atoms with E-state index in [2.05, 4.69) is 4.98 Å². The summed E-state index contributed by atoms with van der Waals surface area (Å²) >= 11 is 5.96. The Morgan fingerprint density at radius 3 is 2.60 bits per heavy atom. The molecule has 2 aromatic carbocycles. The summed E-state index contributed by atoms with van der Waals surface area (Å²) < 4.78 is 0. The number of anilines is 1. The van der Waals surface area contributed by atoms with Crippen molar-refractivity contribution in [3.63, 3.8) is 0 Å². The molecule has 3 aromatic rings. The zero-order valence-electron chi connectivity index (χ0n) is 10.9. The van der Waals surface area contributed by atoms with Crippen LogP contribution in [0.5, 0.6) is 0 Å². The third kappa shape index (κ3) is 2.28. The fourth-order valence-corrected chi connectivity index (χ4v) is 2.35. The predicted molar refractivity (Wildman–Crippen MR) is 82.5 cm³/mol. The number of para-hydroxylation sites is 1. The molecule has 1 N–H and O–H groups in total. The van der Waals surface area contributed by atoms with Gasteiger partial charge in [-0.2, -0.15) is 0 Å². The van der Waals surface area contributed by atoms with Crippen molar-refractivity contribution >= 4 is 34.1 Å². The van der Waals surface area contributed by atoms with Crippen molar-refractivity contribution in [3.05, 3.63) is 65.3 Å². The Kier molecular flexibility index (Phi) is 3.20. The Morgan fingerprint density at radius 1 is 1.10 bits per heavy atom. The van der Waals surface area contributed by atoms with E-state index in [1.165, 1.54) is 0 Å². The lowest BCUT2D eigenvalue weighted by atomic mass is 10.2. The Hall–Kier alpha value is -2.26. The quantitative estimate of drug-likeness (QED) is 0.756. The van der Waals surface area contributed by atoms with Crippen molar-refractivity contribution in [3.8, 4) is 0 Å². The first-order valence-electron chi connectivity index (χ1n) is 6.26. The normalized spacial score (nSPS) is 10.7. The lowest BCUT2D eigenvalue weighted by Crippen LogP contribution is -2.26. The summed E-state index contributed by atoms with van der Waals surface area (Å²) in [7, 11) is 1.76. The van der Waals surface area contributed by atoms with Gasteiger partial charge in [0.05, 0.1) is 0 Å². The maximum Gasteiger partial charge on any atom is 0.274 e. The number of halogens is 1. The first-order valence-corrected chi connectivity index (χ1v) is 6.64. The van der Waals surface area contributed by atoms with Crippen LogP contribution in [-0.2, 0) is 0 Å². The fraction of sp³-hybridized carbons (Fsp3) is 0.0625. The second-order valence-electron chi connectivity index (χ2n) is 4.61. The van der Waals surface area contributed by atoms with Gasteiger partial charge in [-0.25, -0.2) is 0 Å². The summed E-state index contributed by atoms with van der Waals surface area (Å²) in [5, 5.41) is 1.59. The molecule has 1 amide bonds. The number of hydrogen-bond donors (Lipinski definition) is 1. The van der Waals surface area contributed by atoms with E-state index in [1.54, 1.807) is 18.0 Å². The summed E-state index contributed by atoms with van der Waals surface area (Å²) in [6.07, 6.45) is 0. The van der Waals surface area contributed by atoms with Crippen LogP contribution in [0.25, 0.3) is 10.9 Å². The predicted octanol–water partition coefficient (Wildman–Crippen LogP) is 4.10. The summed E-state index contributed by atoms with van der Waals surface area (Å²) in [6, 6.07) is 16.9. The SMILES string of the molecule is CN(C(=O)c1cc2cc(Cl)ccc2[nH]1)c1ccccc1. The monoisotopic (exact) mass is 284 g/mol. The van der Waals surface area contributed by atoms with Crippen molar-refractivity contribution in [2.24, 2.45) is 0 Å². The van der Waals surface area contributed by atoms with Gasteiger partial charge in [0.15, 0.2) is 0 Å². The van der Waals surface area contributed by atoms with Crippen molar-refractivity contribution < 1.29 is 4.79 Å². The summed E-state index contributed by atoms with van der Waals surface area (Å²) in [6.45, 7) is 0. The Morgan fingerprint density at radius 2 is 1.85 bits per heavy atom. The molecule has 1 aromatic heterocycles. The molecule has 100 valence electrons. The van der Waals surface area contributed by atoms with Gasteiger partial charge in [-0.15, -0.1) is 0 Å². The molecule has 0 unspecified atom stereocenters. The second kappa shape index (κ2) is 5.02. The number of H-pyrrole nitrogens is 1. The topological polar surface area (TPSA) is 36.1 Å². The van der Waals surface area contributed by atoms with E-state index in [0.29, 0.717) is 10.7 Å². The number of hydrogen-bond acceptors (Lipinski definition) is 1. The first kappa shape index (κ1) is 12.8. The molecule has 0 saturated carbocycles. The highest BCUT2D eigenvalue weighted by atomic mass is 35.5. The van der Waals surface area contributed by atoms with Crippen LogP contribution < -0.4 is 4.90 Å². The van der Waals surface area contributed by atoms with Crippen LogP contribution in [0.4, 0.5) is 5.69 Å². The molecule has 1 heterocycles. The third-order valence-corrected chi connectivity index (χ3v) is 3.50. The van der Waals surface area contributed by atoms with Gasteiger partial charge in [0.1, 0.15) is 5.69 Å². The maximum absolute atomic E-state index is 12.5. The van der Waals surface area contributed by atoms with E-state index in [4.69, 9.17) is 11.6 Å². The molecule has 3 rings (SSSR count). The first-order chi connectivity index (χ1) is 9.65. The minimum Gasteiger partial charge on any atom is -0.351 e. The van der Waals surface area contributed by atoms with Gasteiger partial charge in [0.25, 0.3) is 5.91 Å². The number of nitrogens with one attached hydrogen (secondary N) is 1. The van der Waals surface area contributed by atoms with Crippen LogP contribution in [0, 0.1) is 0 Å². The summed E-state index contributed by atoms with van der Waals surface area (Å²) in [5.41, 5.74) is 2.31. The molecule has 0 aliphatic heterocycles. The minimum atomic E-state index is -0.0801. The van der Waals surface area contributed by atoms with Gasteiger partial charge in [-0.3, -0.25) is 4.79 Å². The Labute approximate surface area is 121 Å². The smallest absolute Gasteiger partial charge is 0.274 e. The third-order valence-electron chi connectivity index (χ3n) is 3.26. The van der Waals surface area contributed by atoms with Gasteiger partial charge in [0, 0.05) is 28.7 Å². The molecule has 0 fully saturated rings. The number of benzene rings is 2. The average molecular weight is 285 g/mol. The number of aromatic amines is 1. The molecule has 20 heavy (non-hydrogen) atoms. The number of amides is 1. The van der Waals surface area contributed by atoms with E-state index in [9.17, 15) is 4.79 Å². The number of aromatic nitrogens is 1. The average Bonchev–Trinajstić information content (AvgIpc) is 2.89. The molecule has 0 bridgehead atoms. The Balaban J connectivity index is 1.96. The number of fused-ring (bicyclic) bond motifs is 1. The van der Waals surface area contributed by atoms with Crippen molar-refractivity contribution in [2.75, 3.05) is 11.9 Å². The molecule has 0 radical (unpaired) electrons. The lowest BCUT2D eigenvalue weighted by molar-refractivity contribution is 0.0989. The molecule has 0 spiro atoms. The highest BCUT2D eigenvalue weighted by molar-refractivity contribution is 6.31. The van der Waals surface area contributed by atoms with Crippen molar-refractivity contribution in [2.45, 2.75) is 0 Å². The highest BCUT2D eigenvalue weighted by Gasteiger charge is 2.15. The highest BCUT2D eigenvalue weighted by Crippen LogP contribution is 2.22. The van der Waals surface area contributed by atoms with Gasteiger partial charge in [0.2, 0.25) is 0 Å². The van der Waals surface area contributed by atoms with Gasteiger partial charge >= 0.3 is 0 Å². The minimum absolute atomic E-state index is 0.0801. The van der Waals surface area contributed by atoms with E-state index in [-0.39, 0.29) is 5.91 Å². The van der Waals surface area contributed by atoms with Gasteiger partial charge < -0.3 is 9.88 Å². The number of carbonyl (C=O) groups is 1. The van der Waals surface area contributed by atoms with E-state index >= 15 is 0 Å². The second-order valence-corrected chi connectivity index (χ2v) is 5.05. The van der Waals surface area contributed by atoms with Crippen LogP contribution in [-0.4, -0.2) is 17.9 Å². The number of nitrogens with zero attached hydrogens (tertiary/aromatic N) is 1. The van der Waals surface area contributed by atoms with Crippen LogP contribution in [0.3, 0.4) is 0 Å². The lowest BCUT2D eigenvalue weighted by Gasteiger charge is -2.16. The Bertz CT molecular complexity index is 765. The zero-order valence-corrected chi connectivity index (χ0v) is 11.7. The summed E-state index contributed by atoms with van der Waals surface area (Å²) in [4.78, 5) is 17.2. The molecule has 0 aliphatic carbocycles. The van der Waals surface area contributed by atoms with Gasteiger partial charge in [-0.1, -0.05) is 29.8 Å². The zero-order chi connectivity index (χ0) is 14.1. The standard InChI is InChI=1S/C16H13ClN2O/c1-19(13-5-3-2-4-6-13)16(20)15-10-11-9-12(17)7-8-14(11)18-15/h2-10,18H,1H3. The number of rotatable bonds is 2. The molecule has 0 atom stereocenters. The molecule has 4 heteroatoms. The van der Waals surface area contributed by atoms with E-state index < -0.39 is 0 Å².